The predicted octanol–water partition coefficient (Wildman–Crippen LogP) is 3.50. The average Bonchev–Trinajstić information content (AvgIpc) is 2.92. The van der Waals surface area contributed by atoms with Gasteiger partial charge in [-0.1, -0.05) is 42.8 Å². The van der Waals surface area contributed by atoms with Crippen molar-refractivity contribution in [3.05, 3.63) is 80.7 Å². The first-order valence-electron chi connectivity index (χ1n) is 8.05. The molecular formula is C20H17NO3. The van der Waals surface area contributed by atoms with Gasteiger partial charge in [0.15, 0.2) is 5.43 Å². The van der Waals surface area contributed by atoms with Crippen molar-refractivity contribution in [3.63, 3.8) is 0 Å². The second kappa shape index (κ2) is 5.34. The Kier molecular flexibility index (Phi) is 3.27. The molecule has 1 amide bonds. The third-order valence-corrected chi connectivity index (χ3v) is 4.58. The highest BCUT2D eigenvalue weighted by molar-refractivity contribution is 5.99. The van der Waals surface area contributed by atoms with Crippen molar-refractivity contribution < 1.29 is 9.21 Å². The molecule has 0 saturated carbocycles. The van der Waals surface area contributed by atoms with Crippen LogP contribution < -0.4 is 10.7 Å². The van der Waals surface area contributed by atoms with E-state index in [1.165, 1.54) is 0 Å². The van der Waals surface area contributed by atoms with Gasteiger partial charge < -0.3 is 9.73 Å². The van der Waals surface area contributed by atoms with Gasteiger partial charge in [-0.3, -0.25) is 9.59 Å². The summed E-state index contributed by atoms with van der Waals surface area (Å²) in [6, 6.07) is 12.9. The van der Waals surface area contributed by atoms with Crippen LogP contribution in [0.1, 0.15) is 45.8 Å². The first-order chi connectivity index (χ1) is 11.6. The molecule has 1 aliphatic heterocycles. The Bertz CT molecular complexity index is 1020. The Hall–Kier alpha value is -2.88. The molecule has 0 radical (unpaired) electrons. The summed E-state index contributed by atoms with van der Waals surface area (Å²) in [6.07, 6.45) is 0.838. The minimum absolute atomic E-state index is 0.127. The molecule has 1 unspecified atom stereocenters. The largest absolute Gasteiger partial charge is 0.450 e. The van der Waals surface area contributed by atoms with Gasteiger partial charge in [0.05, 0.1) is 17.0 Å². The maximum Gasteiger partial charge on any atom is 0.288 e. The summed E-state index contributed by atoms with van der Waals surface area (Å²) in [7, 11) is 0. The van der Waals surface area contributed by atoms with Gasteiger partial charge in [0, 0.05) is 0 Å². The Labute approximate surface area is 139 Å². The van der Waals surface area contributed by atoms with Crippen LogP contribution in [0.25, 0.3) is 11.0 Å². The fourth-order valence-electron chi connectivity index (χ4n) is 3.19. The molecule has 4 nitrogen and oxygen atoms in total. The maximum absolute atomic E-state index is 13.0. The standard InChI is InChI=1S/C20H17NO3/c1-3-12-6-9-15-14(10-12)18(22)16-17(21-20(23)19(16)24-15)13-7-4-11(2)5-8-13/h4-10,17H,3H2,1-2H3,(H,21,23). The number of rotatable bonds is 2. The van der Waals surface area contributed by atoms with Gasteiger partial charge in [-0.25, -0.2) is 0 Å². The van der Waals surface area contributed by atoms with Crippen LogP contribution in [0.4, 0.5) is 0 Å². The van der Waals surface area contributed by atoms with Crippen molar-refractivity contribution in [2.75, 3.05) is 0 Å². The molecule has 24 heavy (non-hydrogen) atoms. The molecule has 2 aromatic carbocycles. The second-order valence-electron chi connectivity index (χ2n) is 6.18. The van der Waals surface area contributed by atoms with Gasteiger partial charge >= 0.3 is 0 Å². The molecule has 1 atom stereocenters. The fourth-order valence-corrected chi connectivity index (χ4v) is 3.19. The Morgan fingerprint density at radius 2 is 1.83 bits per heavy atom. The molecule has 0 bridgehead atoms. The predicted molar refractivity (Wildman–Crippen MR) is 92.4 cm³/mol. The first-order valence-corrected chi connectivity index (χ1v) is 8.05. The molecule has 4 rings (SSSR count). The number of nitrogens with one attached hydrogen (secondary N) is 1. The third kappa shape index (κ3) is 2.14. The van der Waals surface area contributed by atoms with Crippen LogP contribution in [0.5, 0.6) is 0 Å². The number of fused-ring (bicyclic) bond motifs is 2. The molecule has 1 aromatic heterocycles. The quantitative estimate of drug-likeness (QED) is 0.786. The maximum atomic E-state index is 13.0. The van der Waals surface area contributed by atoms with Crippen LogP contribution in [0.15, 0.2) is 51.7 Å². The monoisotopic (exact) mass is 319 g/mol. The van der Waals surface area contributed by atoms with Crippen molar-refractivity contribution in [1.82, 2.24) is 5.32 Å². The van der Waals surface area contributed by atoms with Gasteiger partial charge in [0.2, 0.25) is 5.76 Å². The summed E-state index contributed by atoms with van der Waals surface area (Å²) in [5.74, 6) is -0.212. The summed E-state index contributed by atoms with van der Waals surface area (Å²) in [4.78, 5) is 25.3. The summed E-state index contributed by atoms with van der Waals surface area (Å²) < 4.78 is 5.76. The van der Waals surface area contributed by atoms with E-state index in [0.717, 1.165) is 23.1 Å². The Morgan fingerprint density at radius 3 is 2.54 bits per heavy atom. The summed E-state index contributed by atoms with van der Waals surface area (Å²) >= 11 is 0. The third-order valence-electron chi connectivity index (χ3n) is 4.58. The van der Waals surface area contributed by atoms with Crippen LogP contribution in [0.3, 0.4) is 0 Å². The van der Waals surface area contributed by atoms with E-state index >= 15 is 0 Å². The molecular weight excluding hydrogens is 302 g/mol. The minimum atomic E-state index is -0.459. The van der Waals surface area contributed by atoms with Crippen LogP contribution in [-0.4, -0.2) is 5.91 Å². The molecule has 1 N–H and O–H groups in total. The van der Waals surface area contributed by atoms with Crippen molar-refractivity contribution in [2.45, 2.75) is 26.3 Å². The first kappa shape index (κ1) is 14.7. The zero-order chi connectivity index (χ0) is 16.8. The smallest absolute Gasteiger partial charge is 0.288 e. The van der Waals surface area contributed by atoms with Gasteiger partial charge in [-0.2, -0.15) is 0 Å². The van der Waals surface area contributed by atoms with E-state index in [1.807, 2.05) is 50.2 Å². The highest BCUT2D eigenvalue weighted by Gasteiger charge is 2.35. The molecule has 0 fully saturated rings. The lowest BCUT2D eigenvalue weighted by Crippen LogP contribution is -2.21. The van der Waals surface area contributed by atoms with E-state index in [4.69, 9.17) is 4.42 Å². The number of hydrogen-bond acceptors (Lipinski definition) is 3. The SMILES string of the molecule is CCc1ccc2oc3c(c(=O)c2c1)C(c1ccc(C)cc1)NC3=O. The molecule has 0 saturated heterocycles. The highest BCUT2D eigenvalue weighted by atomic mass is 16.3. The number of carbonyl (C=O) groups excluding carboxylic acids is 1. The fraction of sp³-hybridized carbons (Fsp3) is 0.200. The lowest BCUT2D eigenvalue weighted by Gasteiger charge is -2.12. The van der Waals surface area contributed by atoms with Crippen molar-refractivity contribution in [1.29, 1.82) is 0 Å². The van der Waals surface area contributed by atoms with Gasteiger partial charge in [-0.15, -0.1) is 0 Å². The van der Waals surface area contributed by atoms with Gasteiger partial charge in [-0.05, 0) is 36.6 Å². The highest BCUT2D eigenvalue weighted by Crippen LogP contribution is 2.31. The van der Waals surface area contributed by atoms with Crippen molar-refractivity contribution in [3.8, 4) is 0 Å². The topological polar surface area (TPSA) is 59.3 Å². The van der Waals surface area contributed by atoms with E-state index in [9.17, 15) is 9.59 Å². The van der Waals surface area contributed by atoms with Gasteiger partial charge in [0.1, 0.15) is 5.58 Å². The molecule has 3 aromatic rings. The molecule has 4 heteroatoms. The Morgan fingerprint density at radius 1 is 1.08 bits per heavy atom. The normalized spacial score (nSPS) is 16.2. The van der Waals surface area contributed by atoms with Crippen LogP contribution in [-0.2, 0) is 6.42 Å². The van der Waals surface area contributed by atoms with E-state index in [1.54, 1.807) is 6.07 Å². The number of amides is 1. The Balaban J connectivity index is 1.97. The lowest BCUT2D eigenvalue weighted by molar-refractivity contribution is 0.0938. The van der Waals surface area contributed by atoms with Crippen molar-refractivity contribution >= 4 is 16.9 Å². The number of aryl methyl sites for hydroxylation is 2. The van der Waals surface area contributed by atoms with Crippen LogP contribution >= 0.6 is 0 Å². The summed E-state index contributed by atoms with van der Waals surface area (Å²) in [5.41, 5.74) is 3.80. The average molecular weight is 319 g/mol. The number of hydrogen-bond donors (Lipinski definition) is 1. The van der Waals surface area contributed by atoms with Crippen molar-refractivity contribution in [2.24, 2.45) is 0 Å². The van der Waals surface area contributed by atoms with E-state index in [-0.39, 0.29) is 17.1 Å². The van der Waals surface area contributed by atoms with Crippen LogP contribution in [0, 0.1) is 6.92 Å². The molecule has 2 heterocycles. The molecule has 120 valence electrons. The molecule has 0 aliphatic carbocycles. The zero-order valence-electron chi connectivity index (χ0n) is 13.6. The zero-order valence-corrected chi connectivity index (χ0v) is 13.6. The molecule has 1 aliphatic rings. The van der Waals surface area contributed by atoms with Gasteiger partial charge in [0.25, 0.3) is 5.91 Å². The number of carbonyl (C=O) groups is 1. The summed E-state index contributed by atoms with van der Waals surface area (Å²) in [6.45, 7) is 4.04. The van der Waals surface area contributed by atoms with E-state index in [2.05, 4.69) is 5.32 Å². The van der Waals surface area contributed by atoms with E-state index < -0.39 is 6.04 Å². The second-order valence-corrected chi connectivity index (χ2v) is 6.18. The van der Waals surface area contributed by atoms with Crippen LogP contribution in [0.2, 0.25) is 0 Å². The molecule has 0 spiro atoms. The summed E-state index contributed by atoms with van der Waals surface area (Å²) in [5, 5.41) is 3.40. The van der Waals surface area contributed by atoms with E-state index in [0.29, 0.717) is 16.5 Å². The lowest BCUT2D eigenvalue weighted by atomic mass is 9.98. The minimum Gasteiger partial charge on any atom is -0.450 e. The number of benzene rings is 2.